The summed E-state index contributed by atoms with van der Waals surface area (Å²) in [6, 6.07) is 15.6. The van der Waals surface area contributed by atoms with Crippen LogP contribution in [0.5, 0.6) is 0 Å². The number of rotatable bonds is 7. The number of aryl methyl sites for hydroxylation is 2. The number of hydrogen-bond acceptors (Lipinski definition) is 2. The molecule has 0 aliphatic heterocycles. The molecule has 2 aromatic carbocycles. The van der Waals surface area contributed by atoms with Gasteiger partial charge in [0.05, 0.1) is 12.5 Å². The first-order valence-electron chi connectivity index (χ1n) is 9.12. The zero-order chi connectivity index (χ0) is 19.1. The molecule has 0 aliphatic carbocycles. The van der Waals surface area contributed by atoms with Crippen LogP contribution in [-0.2, 0) is 9.59 Å². The van der Waals surface area contributed by atoms with Gasteiger partial charge in [0.25, 0.3) is 0 Å². The molecule has 26 heavy (non-hydrogen) atoms. The van der Waals surface area contributed by atoms with Crippen molar-refractivity contribution in [2.75, 3.05) is 11.9 Å². The Labute approximate surface area is 156 Å². The van der Waals surface area contributed by atoms with Crippen molar-refractivity contribution in [1.29, 1.82) is 0 Å². The summed E-state index contributed by atoms with van der Waals surface area (Å²) in [5, 5.41) is 5.71. The van der Waals surface area contributed by atoms with Crippen molar-refractivity contribution >= 4 is 17.5 Å². The van der Waals surface area contributed by atoms with Crippen molar-refractivity contribution < 1.29 is 9.59 Å². The third-order valence-electron chi connectivity index (χ3n) is 4.82. The minimum absolute atomic E-state index is 0.0353. The highest BCUT2D eigenvalue weighted by molar-refractivity contribution is 5.96. The van der Waals surface area contributed by atoms with Gasteiger partial charge in [0, 0.05) is 5.69 Å². The second kappa shape index (κ2) is 9.18. The van der Waals surface area contributed by atoms with Gasteiger partial charge in [0.2, 0.25) is 11.8 Å². The van der Waals surface area contributed by atoms with E-state index in [2.05, 4.69) is 24.5 Å². The average molecular weight is 352 g/mol. The highest BCUT2D eigenvalue weighted by Gasteiger charge is 2.26. The fourth-order valence-corrected chi connectivity index (χ4v) is 3.11. The van der Waals surface area contributed by atoms with E-state index in [1.807, 2.05) is 62.4 Å². The predicted octanol–water partition coefficient (Wildman–Crippen LogP) is 4.19. The van der Waals surface area contributed by atoms with Gasteiger partial charge in [-0.3, -0.25) is 9.59 Å². The number of carbonyl (C=O) groups excluding carboxylic acids is 2. The maximum absolute atomic E-state index is 12.7. The van der Waals surface area contributed by atoms with Crippen LogP contribution in [-0.4, -0.2) is 18.4 Å². The van der Waals surface area contributed by atoms with E-state index in [4.69, 9.17) is 0 Å². The first-order chi connectivity index (χ1) is 12.4. The summed E-state index contributed by atoms with van der Waals surface area (Å²) in [4.78, 5) is 25.0. The van der Waals surface area contributed by atoms with Gasteiger partial charge < -0.3 is 10.6 Å². The molecule has 2 atom stereocenters. The number of para-hydroxylation sites is 1. The largest absolute Gasteiger partial charge is 0.346 e. The standard InChI is InChI=1S/C22H28N2O2/c1-5-15(2)20(18-12-7-6-8-13-18)22(26)23-14-19(25)24-21-16(3)10-9-11-17(21)4/h6-13,15,20H,5,14H2,1-4H3,(H,23,26)(H,24,25)/t15-,20+/m1/s1. The molecule has 0 unspecified atom stereocenters. The Morgan fingerprint density at radius 1 is 0.962 bits per heavy atom. The maximum Gasteiger partial charge on any atom is 0.243 e. The maximum atomic E-state index is 12.7. The molecule has 0 fully saturated rings. The van der Waals surface area contributed by atoms with Crippen molar-refractivity contribution in [2.45, 2.75) is 40.0 Å². The van der Waals surface area contributed by atoms with Crippen LogP contribution in [0.25, 0.3) is 0 Å². The SMILES string of the molecule is CC[C@@H](C)[C@H](C(=O)NCC(=O)Nc1c(C)cccc1C)c1ccccc1. The molecule has 2 N–H and O–H groups in total. The zero-order valence-electron chi connectivity index (χ0n) is 16.0. The van der Waals surface area contributed by atoms with E-state index >= 15 is 0 Å². The lowest BCUT2D eigenvalue weighted by molar-refractivity contribution is -0.126. The molecule has 0 radical (unpaired) electrons. The topological polar surface area (TPSA) is 58.2 Å². The zero-order valence-corrected chi connectivity index (χ0v) is 16.0. The third-order valence-corrected chi connectivity index (χ3v) is 4.82. The Morgan fingerprint density at radius 3 is 2.15 bits per heavy atom. The molecular formula is C22H28N2O2. The molecule has 0 spiro atoms. The minimum atomic E-state index is -0.255. The lowest BCUT2D eigenvalue weighted by Crippen LogP contribution is -2.38. The molecular weight excluding hydrogens is 324 g/mol. The lowest BCUT2D eigenvalue weighted by Gasteiger charge is -2.22. The van der Waals surface area contributed by atoms with E-state index < -0.39 is 0 Å². The summed E-state index contributed by atoms with van der Waals surface area (Å²) in [5.74, 6) is -0.387. The van der Waals surface area contributed by atoms with Gasteiger partial charge in [-0.05, 0) is 36.5 Å². The van der Waals surface area contributed by atoms with Gasteiger partial charge in [-0.15, -0.1) is 0 Å². The quantitative estimate of drug-likeness (QED) is 0.785. The van der Waals surface area contributed by atoms with Crippen LogP contribution in [0.4, 0.5) is 5.69 Å². The van der Waals surface area contributed by atoms with Gasteiger partial charge in [-0.1, -0.05) is 68.8 Å². The van der Waals surface area contributed by atoms with E-state index in [0.717, 1.165) is 28.8 Å². The molecule has 2 amide bonds. The Balaban J connectivity index is 2.02. The number of carbonyl (C=O) groups is 2. The number of amides is 2. The molecule has 2 rings (SSSR count). The summed E-state index contributed by atoms with van der Waals surface area (Å²) >= 11 is 0. The lowest BCUT2D eigenvalue weighted by atomic mass is 9.85. The molecule has 0 saturated carbocycles. The summed E-state index contributed by atoms with van der Waals surface area (Å²) < 4.78 is 0. The summed E-state index contributed by atoms with van der Waals surface area (Å²) in [6.07, 6.45) is 0.890. The fourth-order valence-electron chi connectivity index (χ4n) is 3.11. The van der Waals surface area contributed by atoms with E-state index in [9.17, 15) is 9.59 Å². The van der Waals surface area contributed by atoms with Gasteiger partial charge in [-0.2, -0.15) is 0 Å². The van der Waals surface area contributed by atoms with E-state index in [1.165, 1.54) is 0 Å². The van der Waals surface area contributed by atoms with Crippen LogP contribution in [0.1, 0.15) is 42.9 Å². The van der Waals surface area contributed by atoms with Crippen molar-refractivity contribution in [3.8, 4) is 0 Å². The first kappa shape index (κ1) is 19.7. The summed E-state index contributed by atoms with van der Waals surface area (Å²) in [6.45, 7) is 8.01. The van der Waals surface area contributed by atoms with Crippen LogP contribution >= 0.6 is 0 Å². The second-order valence-electron chi connectivity index (χ2n) is 6.81. The van der Waals surface area contributed by atoms with Gasteiger partial charge >= 0.3 is 0 Å². The third kappa shape index (κ3) is 4.94. The molecule has 138 valence electrons. The summed E-state index contributed by atoms with van der Waals surface area (Å²) in [7, 11) is 0. The van der Waals surface area contributed by atoms with Crippen molar-refractivity contribution in [2.24, 2.45) is 5.92 Å². The van der Waals surface area contributed by atoms with E-state index in [1.54, 1.807) is 0 Å². The van der Waals surface area contributed by atoms with Crippen LogP contribution in [0.2, 0.25) is 0 Å². The predicted molar refractivity (Wildman–Crippen MR) is 106 cm³/mol. The highest BCUT2D eigenvalue weighted by Crippen LogP contribution is 2.27. The van der Waals surface area contributed by atoms with Crippen molar-refractivity contribution in [1.82, 2.24) is 5.32 Å². The molecule has 0 bridgehead atoms. The first-order valence-corrected chi connectivity index (χ1v) is 9.12. The number of anilines is 1. The fraction of sp³-hybridized carbons (Fsp3) is 0.364. The molecule has 0 heterocycles. The smallest absolute Gasteiger partial charge is 0.243 e. The molecule has 0 saturated heterocycles. The number of benzene rings is 2. The molecule has 2 aromatic rings. The van der Waals surface area contributed by atoms with Gasteiger partial charge in [0.1, 0.15) is 0 Å². The van der Waals surface area contributed by atoms with Crippen molar-refractivity contribution in [3.05, 3.63) is 65.2 Å². The van der Waals surface area contributed by atoms with Crippen LogP contribution in [0.15, 0.2) is 48.5 Å². The Morgan fingerprint density at radius 2 is 1.58 bits per heavy atom. The van der Waals surface area contributed by atoms with Gasteiger partial charge in [0.15, 0.2) is 0 Å². The Bertz CT molecular complexity index is 736. The highest BCUT2D eigenvalue weighted by atomic mass is 16.2. The summed E-state index contributed by atoms with van der Waals surface area (Å²) in [5.41, 5.74) is 3.81. The van der Waals surface area contributed by atoms with Crippen LogP contribution in [0.3, 0.4) is 0 Å². The Hall–Kier alpha value is -2.62. The molecule has 4 nitrogen and oxygen atoms in total. The van der Waals surface area contributed by atoms with E-state index in [0.29, 0.717) is 0 Å². The number of nitrogens with one attached hydrogen (secondary N) is 2. The van der Waals surface area contributed by atoms with Crippen LogP contribution in [0, 0.1) is 19.8 Å². The van der Waals surface area contributed by atoms with E-state index in [-0.39, 0.29) is 30.2 Å². The number of hydrogen-bond donors (Lipinski definition) is 2. The van der Waals surface area contributed by atoms with Gasteiger partial charge in [-0.25, -0.2) is 0 Å². The van der Waals surface area contributed by atoms with Crippen LogP contribution < -0.4 is 10.6 Å². The molecule has 0 aromatic heterocycles. The average Bonchev–Trinajstić information content (AvgIpc) is 2.64. The Kier molecular flexibility index (Phi) is 6.96. The second-order valence-corrected chi connectivity index (χ2v) is 6.81. The minimum Gasteiger partial charge on any atom is -0.346 e. The van der Waals surface area contributed by atoms with Crippen molar-refractivity contribution in [3.63, 3.8) is 0 Å². The monoisotopic (exact) mass is 352 g/mol. The normalized spacial score (nSPS) is 12.9. The molecule has 0 aliphatic rings. The molecule has 4 heteroatoms.